The van der Waals surface area contributed by atoms with E-state index in [2.05, 4.69) is 10.5 Å². The molecule has 0 radical (unpaired) electrons. The lowest BCUT2D eigenvalue weighted by molar-refractivity contribution is 0.0942. The van der Waals surface area contributed by atoms with Crippen molar-refractivity contribution in [2.24, 2.45) is 0 Å². The van der Waals surface area contributed by atoms with E-state index in [0.29, 0.717) is 29.3 Å². The second-order valence-electron chi connectivity index (χ2n) is 6.23. The molecule has 0 saturated heterocycles. The minimum absolute atomic E-state index is 0.104. The fourth-order valence-electron chi connectivity index (χ4n) is 2.61. The Kier molecular flexibility index (Phi) is 6.16. The summed E-state index contributed by atoms with van der Waals surface area (Å²) in [6, 6.07) is 15.0. The van der Waals surface area contributed by atoms with Gasteiger partial charge in [-0.1, -0.05) is 35.8 Å². The molecular weight excluding hydrogens is 400 g/mol. The second kappa shape index (κ2) is 8.58. The Morgan fingerprint density at radius 1 is 1.11 bits per heavy atom. The summed E-state index contributed by atoms with van der Waals surface area (Å²) in [5.74, 6) is 0.121. The van der Waals surface area contributed by atoms with Crippen molar-refractivity contribution < 1.29 is 17.7 Å². The molecule has 0 aliphatic rings. The van der Waals surface area contributed by atoms with Crippen LogP contribution in [-0.4, -0.2) is 25.2 Å². The summed E-state index contributed by atoms with van der Waals surface area (Å²) < 4.78 is 29.4. The smallest absolute Gasteiger partial charge is 0.273 e. The van der Waals surface area contributed by atoms with E-state index in [9.17, 15) is 13.2 Å². The lowest BCUT2D eigenvalue weighted by atomic mass is 10.1. The summed E-state index contributed by atoms with van der Waals surface area (Å²) in [4.78, 5) is 12.5. The first kappa shape index (κ1) is 20.1. The Morgan fingerprint density at radius 2 is 1.79 bits per heavy atom. The number of hydrogen-bond acceptors (Lipinski definition) is 5. The molecule has 1 heterocycles. The van der Waals surface area contributed by atoms with Gasteiger partial charge in [-0.2, -0.15) is 0 Å². The van der Waals surface area contributed by atoms with E-state index < -0.39 is 9.84 Å². The van der Waals surface area contributed by atoms with Gasteiger partial charge in [-0.15, -0.1) is 0 Å². The minimum Gasteiger partial charge on any atom is -0.355 e. The van der Waals surface area contributed by atoms with Crippen LogP contribution in [0.2, 0.25) is 5.02 Å². The average molecular weight is 419 g/mol. The summed E-state index contributed by atoms with van der Waals surface area (Å²) in [6.45, 7) is 2.15. The van der Waals surface area contributed by atoms with Gasteiger partial charge in [-0.3, -0.25) is 4.79 Å². The van der Waals surface area contributed by atoms with E-state index in [0.717, 1.165) is 5.56 Å². The second-order valence-corrected chi connectivity index (χ2v) is 8.77. The van der Waals surface area contributed by atoms with Crippen LogP contribution >= 0.6 is 11.6 Å². The molecule has 8 heteroatoms. The first-order chi connectivity index (χ1) is 13.4. The molecule has 1 aromatic heterocycles. The molecule has 2 aromatic carbocycles. The molecule has 0 saturated carbocycles. The van der Waals surface area contributed by atoms with Gasteiger partial charge in [0.15, 0.2) is 21.3 Å². The number of sulfone groups is 1. The number of hydrogen-bond donors (Lipinski definition) is 1. The number of amides is 1. The van der Waals surface area contributed by atoms with Gasteiger partial charge in [-0.25, -0.2) is 8.42 Å². The molecule has 0 fully saturated rings. The molecule has 0 aliphatic heterocycles. The Bertz CT molecular complexity index is 1060. The number of benzene rings is 2. The zero-order chi connectivity index (χ0) is 20.1. The van der Waals surface area contributed by atoms with Crippen LogP contribution < -0.4 is 5.32 Å². The minimum atomic E-state index is -3.27. The molecule has 0 unspecified atom stereocenters. The fraction of sp³-hybridized carbons (Fsp3) is 0.200. The summed E-state index contributed by atoms with van der Waals surface area (Å²) >= 11 is 5.84. The van der Waals surface area contributed by atoms with Gasteiger partial charge < -0.3 is 9.84 Å². The summed E-state index contributed by atoms with van der Waals surface area (Å²) in [6.07, 6.45) is 0.556. The SMILES string of the molecule is CCCS(=O)(=O)c1ccc(-c2cc(C(=O)NCc3ccc(Cl)cc3)no2)cc1. The van der Waals surface area contributed by atoms with Gasteiger partial charge in [0, 0.05) is 23.2 Å². The number of halogens is 1. The number of carbonyl (C=O) groups is 1. The summed E-state index contributed by atoms with van der Waals surface area (Å²) in [7, 11) is -3.27. The van der Waals surface area contributed by atoms with Crippen LogP contribution in [0.15, 0.2) is 64.0 Å². The van der Waals surface area contributed by atoms with Crippen LogP contribution in [0, 0.1) is 0 Å². The molecule has 0 atom stereocenters. The van der Waals surface area contributed by atoms with Crippen molar-refractivity contribution in [3.63, 3.8) is 0 Å². The number of aromatic nitrogens is 1. The Hall–Kier alpha value is -2.64. The highest BCUT2D eigenvalue weighted by Gasteiger charge is 2.16. The quantitative estimate of drug-likeness (QED) is 0.623. The van der Waals surface area contributed by atoms with Crippen LogP contribution in [0.1, 0.15) is 29.4 Å². The van der Waals surface area contributed by atoms with Crippen molar-refractivity contribution in [2.45, 2.75) is 24.8 Å². The monoisotopic (exact) mass is 418 g/mol. The van der Waals surface area contributed by atoms with E-state index in [1.807, 2.05) is 19.1 Å². The molecule has 3 rings (SSSR count). The highest BCUT2D eigenvalue weighted by atomic mass is 35.5. The van der Waals surface area contributed by atoms with Crippen LogP contribution in [0.3, 0.4) is 0 Å². The molecular formula is C20H19ClN2O4S. The van der Waals surface area contributed by atoms with Crippen LogP contribution in [-0.2, 0) is 16.4 Å². The average Bonchev–Trinajstić information content (AvgIpc) is 3.18. The van der Waals surface area contributed by atoms with Crippen LogP contribution in [0.25, 0.3) is 11.3 Å². The van der Waals surface area contributed by atoms with Crippen molar-refractivity contribution in [1.82, 2.24) is 10.5 Å². The van der Waals surface area contributed by atoms with E-state index in [-0.39, 0.29) is 22.2 Å². The van der Waals surface area contributed by atoms with Gasteiger partial charge >= 0.3 is 0 Å². The first-order valence-corrected chi connectivity index (χ1v) is 10.7. The van der Waals surface area contributed by atoms with Gasteiger partial charge in [0.2, 0.25) is 0 Å². The molecule has 6 nitrogen and oxygen atoms in total. The van der Waals surface area contributed by atoms with Gasteiger partial charge in [0.25, 0.3) is 5.91 Å². The van der Waals surface area contributed by atoms with Gasteiger partial charge in [-0.05, 0) is 48.4 Å². The predicted molar refractivity (Wildman–Crippen MR) is 107 cm³/mol. The van der Waals surface area contributed by atoms with Crippen LogP contribution in [0.4, 0.5) is 0 Å². The maximum atomic E-state index is 12.2. The maximum Gasteiger partial charge on any atom is 0.273 e. The molecule has 0 spiro atoms. The lowest BCUT2D eigenvalue weighted by Gasteiger charge is -2.03. The third kappa shape index (κ3) is 4.79. The molecule has 0 aliphatic carbocycles. The van der Waals surface area contributed by atoms with Crippen LogP contribution in [0.5, 0.6) is 0 Å². The first-order valence-electron chi connectivity index (χ1n) is 8.71. The zero-order valence-corrected chi connectivity index (χ0v) is 16.8. The highest BCUT2D eigenvalue weighted by molar-refractivity contribution is 7.91. The Labute approximate surface area is 168 Å². The molecule has 1 N–H and O–H groups in total. The van der Waals surface area contributed by atoms with E-state index >= 15 is 0 Å². The van der Waals surface area contributed by atoms with Crippen molar-refractivity contribution in [3.05, 3.63) is 70.9 Å². The topological polar surface area (TPSA) is 89.3 Å². The normalized spacial score (nSPS) is 11.4. The molecule has 0 bridgehead atoms. The third-order valence-electron chi connectivity index (χ3n) is 4.08. The fourth-order valence-corrected chi connectivity index (χ4v) is 4.06. The van der Waals surface area contributed by atoms with Crippen molar-refractivity contribution in [1.29, 1.82) is 0 Å². The Morgan fingerprint density at radius 3 is 2.43 bits per heavy atom. The van der Waals surface area contributed by atoms with E-state index in [1.54, 1.807) is 24.3 Å². The van der Waals surface area contributed by atoms with Gasteiger partial charge in [0.1, 0.15) is 0 Å². The maximum absolute atomic E-state index is 12.2. The predicted octanol–water partition coefficient (Wildman–Crippen LogP) is 4.11. The van der Waals surface area contributed by atoms with Crippen molar-refractivity contribution in [2.75, 3.05) is 5.75 Å². The number of nitrogens with zero attached hydrogens (tertiary/aromatic N) is 1. The standard InChI is InChI=1S/C20H19ClN2O4S/c1-2-11-28(25,26)17-9-5-15(6-10-17)19-12-18(23-27-19)20(24)22-13-14-3-7-16(21)8-4-14/h3-10,12H,2,11,13H2,1H3,(H,22,24). The molecule has 3 aromatic rings. The number of carbonyl (C=O) groups excluding carboxylic acids is 1. The molecule has 28 heavy (non-hydrogen) atoms. The highest BCUT2D eigenvalue weighted by Crippen LogP contribution is 2.23. The Balaban J connectivity index is 1.67. The number of nitrogens with one attached hydrogen (secondary N) is 1. The lowest BCUT2D eigenvalue weighted by Crippen LogP contribution is -2.22. The molecule has 1 amide bonds. The van der Waals surface area contributed by atoms with E-state index in [4.69, 9.17) is 16.1 Å². The molecule has 146 valence electrons. The third-order valence-corrected chi connectivity index (χ3v) is 6.27. The van der Waals surface area contributed by atoms with E-state index in [1.165, 1.54) is 18.2 Å². The van der Waals surface area contributed by atoms with Gasteiger partial charge in [0.05, 0.1) is 10.6 Å². The summed E-state index contributed by atoms with van der Waals surface area (Å²) in [5, 5.41) is 7.18. The largest absolute Gasteiger partial charge is 0.355 e. The summed E-state index contributed by atoms with van der Waals surface area (Å²) in [5.41, 5.74) is 1.69. The van der Waals surface area contributed by atoms with Crippen molar-refractivity contribution in [3.8, 4) is 11.3 Å². The van der Waals surface area contributed by atoms with Crippen molar-refractivity contribution >= 4 is 27.3 Å². The number of rotatable bonds is 7. The zero-order valence-electron chi connectivity index (χ0n) is 15.2.